The molecule has 0 aliphatic heterocycles. The number of nitrogens with one attached hydrogen (secondary N) is 2. The topological polar surface area (TPSA) is 72.6 Å². The maximum atomic E-state index is 5.11. The number of fused-ring (bicyclic) bond motifs is 2. The van der Waals surface area contributed by atoms with Gasteiger partial charge in [-0.05, 0) is 60.7 Å². The molecule has 0 saturated heterocycles. The molecule has 0 aliphatic carbocycles. The number of imidazole rings is 2. The summed E-state index contributed by atoms with van der Waals surface area (Å²) in [6, 6.07) is 42.8. The average molecular weight is 643 g/mol. The van der Waals surface area contributed by atoms with Crippen molar-refractivity contribution in [1.29, 1.82) is 0 Å². The fourth-order valence-electron chi connectivity index (χ4n) is 5.00. The van der Waals surface area contributed by atoms with Crippen molar-refractivity contribution in [2.45, 2.75) is 13.3 Å². The van der Waals surface area contributed by atoms with Crippen LogP contribution in [0.25, 0.3) is 45.1 Å². The van der Waals surface area contributed by atoms with E-state index in [-0.39, 0.29) is 43.4 Å². The SMILES string of the molecule is [Cl-].[Cl-].[V+2].c1ccc(NCn2c(-c3cccc(-c4nc5ccccc5n4CNc4ccccc4)n3)nc3ccccc32)cc1. The van der Waals surface area contributed by atoms with Crippen molar-refractivity contribution < 1.29 is 43.4 Å². The van der Waals surface area contributed by atoms with E-state index >= 15 is 0 Å². The second-order valence-electron chi connectivity index (χ2n) is 9.51. The van der Waals surface area contributed by atoms with Gasteiger partial charge in [0.05, 0.1) is 35.4 Å². The average Bonchev–Trinajstić information content (AvgIpc) is 3.59. The van der Waals surface area contributed by atoms with Crippen molar-refractivity contribution in [2.75, 3.05) is 10.6 Å². The first-order valence-corrected chi connectivity index (χ1v) is 13.3. The fourth-order valence-corrected chi connectivity index (χ4v) is 5.00. The summed E-state index contributed by atoms with van der Waals surface area (Å²) in [5.41, 5.74) is 7.63. The molecular weight excluding hydrogens is 616 g/mol. The molecule has 7 nitrogen and oxygen atoms in total. The van der Waals surface area contributed by atoms with E-state index in [0.717, 1.165) is 56.5 Å². The molecule has 43 heavy (non-hydrogen) atoms. The molecule has 0 unspecified atom stereocenters. The summed E-state index contributed by atoms with van der Waals surface area (Å²) in [6.45, 7) is 1.12. The Morgan fingerprint density at radius 3 is 1.28 bits per heavy atom. The summed E-state index contributed by atoms with van der Waals surface area (Å²) in [5, 5.41) is 7.05. The standard InChI is InChI=1S/C33H27N7.2ClH.V/c1-3-12-24(13-4-1)34-22-39-30-20-9-7-16-26(30)37-32(39)28-18-11-19-29(36-28)33-38-27-17-8-10-21-31(27)40(33)23-35-25-14-5-2-6-15-25;;;/h1-21,34-35H,22-23H2;2*1H;/q;;;+2/p-2. The molecule has 3 aromatic heterocycles. The molecule has 0 spiro atoms. The van der Waals surface area contributed by atoms with Crippen LogP contribution in [-0.4, -0.2) is 24.1 Å². The third-order valence-corrected chi connectivity index (χ3v) is 6.95. The maximum absolute atomic E-state index is 5.11. The van der Waals surface area contributed by atoms with E-state index in [9.17, 15) is 0 Å². The van der Waals surface area contributed by atoms with Gasteiger partial charge in [-0.25, -0.2) is 15.0 Å². The predicted octanol–water partition coefficient (Wildman–Crippen LogP) is 1.26. The number of pyridine rings is 1. The van der Waals surface area contributed by atoms with E-state index in [0.29, 0.717) is 13.3 Å². The minimum atomic E-state index is 0. The van der Waals surface area contributed by atoms with E-state index < -0.39 is 0 Å². The number of rotatable bonds is 8. The summed E-state index contributed by atoms with van der Waals surface area (Å²) < 4.78 is 4.35. The minimum Gasteiger partial charge on any atom is -1.00 e. The van der Waals surface area contributed by atoms with Gasteiger partial charge in [0.15, 0.2) is 11.6 Å². The molecule has 7 rings (SSSR count). The molecular formula is C33H27Cl2N7V. The number of hydrogen-bond donors (Lipinski definition) is 2. The molecule has 0 atom stereocenters. The Labute approximate surface area is 274 Å². The van der Waals surface area contributed by atoms with E-state index in [1.165, 1.54) is 0 Å². The van der Waals surface area contributed by atoms with Crippen LogP contribution in [0.4, 0.5) is 11.4 Å². The van der Waals surface area contributed by atoms with E-state index in [1.54, 1.807) is 0 Å². The molecule has 7 aromatic rings. The van der Waals surface area contributed by atoms with Crippen molar-refractivity contribution in [3.63, 3.8) is 0 Å². The molecule has 0 saturated carbocycles. The van der Waals surface area contributed by atoms with Crippen LogP contribution in [0.3, 0.4) is 0 Å². The third kappa shape index (κ3) is 6.56. The monoisotopic (exact) mass is 642 g/mol. The van der Waals surface area contributed by atoms with E-state index in [4.69, 9.17) is 15.0 Å². The Morgan fingerprint density at radius 1 is 0.442 bits per heavy atom. The summed E-state index contributed by atoms with van der Waals surface area (Å²) in [5.74, 6) is 1.60. The number of aromatic nitrogens is 5. The fraction of sp³-hybridized carbons (Fsp3) is 0.0606. The summed E-state index contributed by atoms with van der Waals surface area (Å²) >= 11 is 0. The minimum absolute atomic E-state index is 0. The molecule has 10 heteroatoms. The van der Waals surface area contributed by atoms with Gasteiger partial charge in [0.25, 0.3) is 0 Å². The quantitative estimate of drug-likeness (QED) is 0.261. The van der Waals surface area contributed by atoms with E-state index in [1.807, 2.05) is 91.0 Å². The van der Waals surface area contributed by atoms with Crippen LogP contribution < -0.4 is 35.4 Å². The molecule has 0 aliphatic rings. The second-order valence-corrected chi connectivity index (χ2v) is 9.51. The first kappa shape index (κ1) is 31.7. The number of para-hydroxylation sites is 6. The van der Waals surface area contributed by atoms with Crippen molar-refractivity contribution in [3.05, 3.63) is 127 Å². The van der Waals surface area contributed by atoms with Gasteiger partial charge < -0.3 is 44.6 Å². The van der Waals surface area contributed by atoms with Crippen molar-refractivity contribution >= 4 is 33.4 Å². The van der Waals surface area contributed by atoms with E-state index in [2.05, 4.69) is 56.2 Å². The predicted molar refractivity (Wildman–Crippen MR) is 162 cm³/mol. The molecule has 3 heterocycles. The first-order valence-electron chi connectivity index (χ1n) is 13.3. The molecule has 0 amide bonds. The zero-order valence-corrected chi connectivity index (χ0v) is 25.9. The van der Waals surface area contributed by atoms with Crippen LogP contribution in [0.1, 0.15) is 0 Å². The number of nitrogens with zero attached hydrogens (tertiary/aromatic N) is 5. The Bertz CT molecular complexity index is 1790. The first-order chi connectivity index (χ1) is 19.8. The molecule has 0 bridgehead atoms. The second kappa shape index (κ2) is 14.3. The zero-order chi connectivity index (χ0) is 26.7. The van der Waals surface area contributed by atoms with Crippen LogP contribution in [0, 0.1) is 0 Å². The van der Waals surface area contributed by atoms with Gasteiger partial charge in [-0.15, -0.1) is 0 Å². The molecule has 0 fully saturated rings. The Balaban J connectivity index is 0.00000141. The summed E-state index contributed by atoms with van der Waals surface area (Å²) in [6.07, 6.45) is 0. The number of anilines is 2. The van der Waals surface area contributed by atoms with Crippen molar-refractivity contribution in [1.82, 2.24) is 24.1 Å². The summed E-state index contributed by atoms with van der Waals surface area (Å²) in [7, 11) is 0. The van der Waals surface area contributed by atoms with Gasteiger partial charge in [-0.1, -0.05) is 66.7 Å². The van der Waals surface area contributed by atoms with Gasteiger partial charge in [-0.3, -0.25) is 0 Å². The Morgan fingerprint density at radius 2 is 0.837 bits per heavy atom. The van der Waals surface area contributed by atoms with Crippen LogP contribution in [0.15, 0.2) is 127 Å². The van der Waals surface area contributed by atoms with Gasteiger partial charge in [0, 0.05) is 11.4 Å². The van der Waals surface area contributed by atoms with Crippen molar-refractivity contribution in [3.8, 4) is 23.0 Å². The molecule has 213 valence electrons. The maximum Gasteiger partial charge on any atom is 2.00 e. The number of benzene rings is 4. The molecule has 4 aromatic carbocycles. The number of hydrogen-bond acceptors (Lipinski definition) is 5. The zero-order valence-electron chi connectivity index (χ0n) is 23.0. The van der Waals surface area contributed by atoms with Crippen LogP contribution in [-0.2, 0) is 31.9 Å². The Hall–Kier alpha value is -4.27. The Kier molecular flexibility index (Phi) is 10.5. The molecule has 2 N–H and O–H groups in total. The van der Waals surface area contributed by atoms with Gasteiger partial charge in [-0.2, -0.15) is 0 Å². The van der Waals surface area contributed by atoms with Gasteiger partial charge in [0.2, 0.25) is 0 Å². The van der Waals surface area contributed by atoms with Crippen LogP contribution >= 0.6 is 0 Å². The number of halogens is 2. The normalized spacial score (nSPS) is 10.4. The largest absolute Gasteiger partial charge is 2.00 e. The summed E-state index contributed by atoms with van der Waals surface area (Å²) in [4.78, 5) is 15.1. The van der Waals surface area contributed by atoms with Crippen LogP contribution in [0.2, 0.25) is 0 Å². The van der Waals surface area contributed by atoms with Crippen molar-refractivity contribution in [2.24, 2.45) is 0 Å². The smallest absolute Gasteiger partial charge is 1.00 e. The van der Waals surface area contributed by atoms with Gasteiger partial charge in [0.1, 0.15) is 11.4 Å². The molecule has 1 radical (unpaired) electrons. The van der Waals surface area contributed by atoms with Gasteiger partial charge >= 0.3 is 18.6 Å². The third-order valence-electron chi connectivity index (χ3n) is 6.95. The van der Waals surface area contributed by atoms with Crippen LogP contribution in [0.5, 0.6) is 0 Å².